The maximum Gasteiger partial charge on any atom is 0.237 e. The van der Waals surface area contributed by atoms with Crippen molar-refractivity contribution in [3.8, 4) is 12.3 Å². The van der Waals surface area contributed by atoms with Crippen LogP contribution in [-0.4, -0.2) is 18.0 Å². The molecular weight excluding hydrogens is 128 g/mol. The predicted octanol–water partition coefficient (Wildman–Crippen LogP) is -0.528. The molecule has 0 aliphatic carbocycles. The van der Waals surface area contributed by atoms with Crippen LogP contribution in [-0.2, 0) is 4.79 Å². The summed E-state index contributed by atoms with van der Waals surface area (Å²) in [5.74, 6) is 2.15. The first-order valence-corrected chi connectivity index (χ1v) is 3.10. The summed E-state index contributed by atoms with van der Waals surface area (Å²) in [7, 11) is 0. The van der Waals surface area contributed by atoms with E-state index >= 15 is 0 Å². The van der Waals surface area contributed by atoms with Crippen molar-refractivity contribution in [2.24, 2.45) is 5.73 Å². The molecule has 0 aliphatic heterocycles. The summed E-state index contributed by atoms with van der Waals surface area (Å²) < 4.78 is 0. The number of amides is 1. The molecule has 0 fully saturated rings. The van der Waals surface area contributed by atoms with E-state index in [1.165, 1.54) is 0 Å². The van der Waals surface area contributed by atoms with Crippen molar-refractivity contribution in [1.82, 2.24) is 5.32 Å². The zero-order chi connectivity index (χ0) is 8.15. The molecule has 56 valence electrons. The fourth-order valence-corrected chi connectivity index (χ4v) is 0.387. The van der Waals surface area contributed by atoms with E-state index in [0.717, 1.165) is 0 Å². The summed E-state index contributed by atoms with van der Waals surface area (Å²) in [6.07, 6.45) is 5.01. The zero-order valence-electron chi connectivity index (χ0n) is 6.22. The molecule has 0 bridgehead atoms. The molecule has 0 heterocycles. The molecule has 3 N–H and O–H groups in total. The number of nitrogens with two attached hydrogens (primary N) is 1. The quantitative estimate of drug-likeness (QED) is 0.507. The Morgan fingerprint density at radius 2 is 2.20 bits per heavy atom. The molecule has 3 heteroatoms. The highest BCUT2D eigenvalue weighted by molar-refractivity contribution is 5.81. The third-order valence-corrected chi connectivity index (χ3v) is 1.02. The van der Waals surface area contributed by atoms with Crippen LogP contribution in [0.15, 0.2) is 0 Å². The lowest BCUT2D eigenvalue weighted by atomic mass is 10.3. The number of rotatable bonds is 2. The minimum absolute atomic E-state index is 0.217. The molecule has 2 atom stereocenters. The van der Waals surface area contributed by atoms with Crippen LogP contribution in [0.4, 0.5) is 0 Å². The molecule has 10 heavy (non-hydrogen) atoms. The lowest BCUT2D eigenvalue weighted by Crippen LogP contribution is -2.42. The lowest BCUT2D eigenvalue weighted by molar-refractivity contribution is -0.122. The summed E-state index contributed by atoms with van der Waals surface area (Å²) in [5, 5.41) is 2.53. The molecule has 2 unspecified atom stereocenters. The number of hydrogen-bond acceptors (Lipinski definition) is 2. The van der Waals surface area contributed by atoms with Crippen LogP contribution >= 0.6 is 0 Å². The largest absolute Gasteiger partial charge is 0.341 e. The molecule has 0 aliphatic rings. The van der Waals surface area contributed by atoms with E-state index in [0.29, 0.717) is 0 Å². The first kappa shape index (κ1) is 8.99. The molecule has 0 spiro atoms. The second-order valence-electron chi connectivity index (χ2n) is 2.19. The summed E-state index contributed by atoms with van der Waals surface area (Å²) in [5.41, 5.74) is 5.26. The fourth-order valence-electron chi connectivity index (χ4n) is 0.387. The number of hydrogen-bond donors (Lipinski definition) is 2. The van der Waals surface area contributed by atoms with Gasteiger partial charge in [-0.3, -0.25) is 4.79 Å². The summed E-state index contributed by atoms with van der Waals surface area (Å²) in [6.45, 7) is 3.33. The lowest BCUT2D eigenvalue weighted by Gasteiger charge is -2.09. The summed E-state index contributed by atoms with van der Waals surface area (Å²) in [6, 6.07) is -0.728. The van der Waals surface area contributed by atoms with Gasteiger partial charge in [0.05, 0.1) is 12.1 Å². The minimum Gasteiger partial charge on any atom is -0.341 e. The van der Waals surface area contributed by atoms with Gasteiger partial charge in [0.1, 0.15) is 0 Å². The Bertz CT molecular complexity index is 157. The monoisotopic (exact) mass is 140 g/mol. The Hall–Kier alpha value is -1.01. The fraction of sp³-hybridized carbons (Fsp3) is 0.571. The summed E-state index contributed by atoms with van der Waals surface area (Å²) in [4.78, 5) is 10.8. The Morgan fingerprint density at radius 3 is 2.50 bits per heavy atom. The third-order valence-electron chi connectivity index (χ3n) is 1.02. The van der Waals surface area contributed by atoms with E-state index in [1.807, 2.05) is 0 Å². The van der Waals surface area contributed by atoms with E-state index in [1.54, 1.807) is 13.8 Å². The van der Waals surface area contributed by atoms with Gasteiger partial charge < -0.3 is 11.1 Å². The van der Waals surface area contributed by atoms with Crippen LogP contribution < -0.4 is 11.1 Å². The van der Waals surface area contributed by atoms with Crippen LogP contribution in [0.2, 0.25) is 0 Å². The number of terminal acetylenes is 1. The van der Waals surface area contributed by atoms with Gasteiger partial charge >= 0.3 is 0 Å². The van der Waals surface area contributed by atoms with Crippen molar-refractivity contribution in [3.05, 3.63) is 0 Å². The van der Waals surface area contributed by atoms with Gasteiger partial charge in [0.25, 0.3) is 0 Å². The van der Waals surface area contributed by atoms with E-state index in [-0.39, 0.29) is 11.9 Å². The molecule has 0 saturated carbocycles. The average molecular weight is 140 g/mol. The predicted molar refractivity (Wildman–Crippen MR) is 40.1 cm³/mol. The van der Waals surface area contributed by atoms with E-state index in [4.69, 9.17) is 12.2 Å². The van der Waals surface area contributed by atoms with Gasteiger partial charge in [0.15, 0.2) is 0 Å². The van der Waals surface area contributed by atoms with Gasteiger partial charge in [0, 0.05) is 0 Å². The van der Waals surface area contributed by atoms with Crippen molar-refractivity contribution < 1.29 is 4.79 Å². The highest BCUT2D eigenvalue weighted by atomic mass is 16.2. The molecule has 0 aromatic heterocycles. The first-order valence-electron chi connectivity index (χ1n) is 3.10. The second-order valence-corrected chi connectivity index (χ2v) is 2.19. The van der Waals surface area contributed by atoms with Crippen LogP contribution in [0.5, 0.6) is 0 Å². The Kier molecular flexibility index (Phi) is 3.52. The van der Waals surface area contributed by atoms with Crippen LogP contribution in [0.3, 0.4) is 0 Å². The number of carbonyl (C=O) groups excluding carboxylic acids is 1. The maximum absolute atomic E-state index is 10.8. The number of carbonyl (C=O) groups is 1. The van der Waals surface area contributed by atoms with E-state index < -0.39 is 6.04 Å². The van der Waals surface area contributed by atoms with E-state index in [2.05, 4.69) is 11.2 Å². The van der Waals surface area contributed by atoms with Crippen LogP contribution in [0.1, 0.15) is 13.8 Å². The van der Waals surface area contributed by atoms with Crippen molar-refractivity contribution in [3.63, 3.8) is 0 Å². The van der Waals surface area contributed by atoms with Gasteiger partial charge in [0.2, 0.25) is 5.91 Å². The van der Waals surface area contributed by atoms with Gasteiger partial charge in [-0.05, 0) is 13.8 Å². The van der Waals surface area contributed by atoms with Crippen molar-refractivity contribution in [1.29, 1.82) is 0 Å². The Morgan fingerprint density at radius 1 is 1.70 bits per heavy atom. The standard InChI is InChI=1S/C7H12N2O/c1-4-5(2)9-7(10)6(3)8/h1,5-6H,8H2,2-3H3,(H,9,10). The Balaban J connectivity index is 3.71. The second kappa shape index (κ2) is 3.91. The third kappa shape index (κ3) is 3.10. The van der Waals surface area contributed by atoms with Crippen LogP contribution in [0.25, 0.3) is 0 Å². The molecule has 0 rings (SSSR count). The Labute approximate surface area is 61.0 Å². The molecule has 0 aromatic rings. The number of nitrogens with one attached hydrogen (secondary N) is 1. The zero-order valence-corrected chi connectivity index (χ0v) is 6.22. The minimum atomic E-state index is -0.490. The highest BCUT2D eigenvalue weighted by Crippen LogP contribution is 1.80. The van der Waals surface area contributed by atoms with Crippen molar-refractivity contribution in [2.45, 2.75) is 25.9 Å². The molecule has 3 nitrogen and oxygen atoms in total. The molecule has 0 saturated heterocycles. The van der Waals surface area contributed by atoms with Gasteiger partial charge in [-0.25, -0.2) is 0 Å². The van der Waals surface area contributed by atoms with Crippen molar-refractivity contribution in [2.75, 3.05) is 0 Å². The average Bonchev–Trinajstić information content (AvgIpc) is 1.87. The van der Waals surface area contributed by atoms with E-state index in [9.17, 15) is 4.79 Å². The smallest absolute Gasteiger partial charge is 0.237 e. The van der Waals surface area contributed by atoms with Crippen LogP contribution in [0, 0.1) is 12.3 Å². The molecule has 1 amide bonds. The highest BCUT2D eigenvalue weighted by Gasteiger charge is 2.07. The van der Waals surface area contributed by atoms with Gasteiger partial charge in [-0.1, -0.05) is 5.92 Å². The topological polar surface area (TPSA) is 55.1 Å². The summed E-state index contributed by atoms with van der Waals surface area (Å²) >= 11 is 0. The van der Waals surface area contributed by atoms with Crippen molar-refractivity contribution >= 4 is 5.91 Å². The first-order chi connectivity index (χ1) is 4.57. The SMILES string of the molecule is C#CC(C)NC(=O)C(C)N. The normalized spacial score (nSPS) is 15.0. The maximum atomic E-state index is 10.8. The molecule has 0 radical (unpaired) electrons. The van der Waals surface area contributed by atoms with Gasteiger partial charge in [-0.2, -0.15) is 0 Å². The molecular formula is C7H12N2O. The van der Waals surface area contributed by atoms with Gasteiger partial charge in [-0.15, -0.1) is 6.42 Å². The molecule has 0 aromatic carbocycles.